The molecular weight excluding hydrogens is 381 g/mol. The number of nitrogens with one attached hydrogen (secondary N) is 1. The first-order valence-corrected chi connectivity index (χ1v) is 9.83. The lowest BCUT2D eigenvalue weighted by molar-refractivity contribution is -0.168. The molecule has 2 N–H and O–H groups in total. The molecule has 2 heterocycles. The summed E-state index contributed by atoms with van der Waals surface area (Å²) >= 11 is 0. The number of anilines is 1. The molecule has 0 bridgehead atoms. The predicted molar refractivity (Wildman–Crippen MR) is 100 cm³/mol. The zero-order valence-corrected chi connectivity index (χ0v) is 16.3. The lowest BCUT2D eigenvalue weighted by Gasteiger charge is -2.33. The third-order valence-corrected chi connectivity index (χ3v) is 5.60. The van der Waals surface area contributed by atoms with Crippen LogP contribution < -0.4 is 5.32 Å². The number of alkyl halides is 1. The molecule has 9 nitrogen and oxygen atoms in total. The molecule has 10 heteroatoms. The SMILES string of the molecule is CC(=O)N(O)C[C@@H](CC1CCC1)C(=O)N1C[C@H](F)C[C@H]1C(=O)Nc1cnccn1. The zero-order valence-electron chi connectivity index (χ0n) is 16.3. The Balaban J connectivity index is 1.73. The third-order valence-electron chi connectivity index (χ3n) is 5.60. The summed E-state index contributed by atoms with van der Waals surface area (Å²) in [6, 6.07) is -0.979. The highest BCUT2D eigenvalue weighted by atomic mass is 19.1. The predicted octanol–water partition coefficient (Wildman–Crippen LogP) is 1.40. The van der Waals surface area contributed by atoms with E-state index in [1.54, 1.807) is 0 Å². The fraction of sp³-hybridized carbons (Fsp3) is 0.632. The minimum absolute atomic E-state index is 0.108. The van der Waals surface area contributed by atoms with Crippen LogP contribution in [0.25, 0.3) is 0 Å². The second-order valence-electron chi connectivity index (χ2n) is 7.75. The van der Waals surface area contributed by atoms with Gasteiger partial charge in [0.2, 0.25) is 17.7 Å². The third kappa shape index (κ3) is 5.26. The van der Waals surface area contributed by atoms with Crippen molar-refractivity contribution in [3.63, 3.8) is 0 Å². The second-order valence-corrected chi connectivity index (χ2v) is 7.75. The number of aromatic nitrogens is 2. The molecule has 2 aliphatic rings. The summed E-state index contributed by atoms with van der Waals surface area (Å²) in [7, 11) is 0. The monoisotopic (exact) mass is 407 g/mol. The fourth-order valence-electron chi connectivity index (χ4n) is 3.81. The summed E-state index contributed by atoms with van der Waals surface area (Å²) in [6.07, 6.45) is 6.35. The largest absolute Gasteiger partial charge is 0.327 e. The number of hydrogen-bond acceptors (Lipinski definition) is 6. The Kier molecular flexibility index (Phi) is 6.73. The highest BCUT2D eigenvalue weighted by Crippen LogP contribution is 2.34. The number of rotatable bonds is 7. The summed E-state index contributed by atoms with van der Waals surface area (Å²) in [6.45, 7) is 0.843. The van der Waals surface area contributed by atoms with Crippen molar-refractivity contribution in [2.45, 2.75) is 51.2 Å². The highest BCUT2D eigenvalue weighted by molar-refractivity contribution is 5.97. The Bertz CT molecular complexity index is 745. The average Bonchev–Trinajstić information content (AvgIpc) is 3.05. The Morgan fingerprint density at radius 3 is 2.72 bits per heavy atom. The van der Waals surface area contributed by atoms with E-state index in [4.69, 9.17) is 0 Å². The van der Waals surface area contributed by atoms with Gasteiger partial charge in [-0.3, -0.25) is 24.6 Å². The lowest BCUT2D eigenvalue weighted by atomic mass is 9.78. The van der Waals surface area contributed by atoms with Crippen LogP contribution in [0, 0.1) is 11.8 Å². The molecule has 1 saturated carbocycles. The number of hydrogen-bond donors (Lipinski definition) is 2. The normalized spacial score (nSPS) is 22.7. The molecule has 3 rings (SSSR count). The summed E-state index contributed by atoms with van der Waals surface area (Å²) in [4.78, 5) is 46.3. The van der Waals surface area contributed by atoms with Crippen molar-refractivity contribution in [2.24, 2.45) is 11.8 Å². The zero-order chi connectivity index (χ0) is 21.0. The minimum Gasteiger partial charge on any atom is -0.327 e. The van der Waals surface area contributed by atoms with E-state index in [-0.39, 0.29) is 25.3 Å². The number of likely N-dealkylation sites (tertiary alicyclic amines) is 1. The molecule has 0 aromatic carbocycles. The van der Waals surface area contributed by atoms with E-state index < -0.39 is 35.9 Å². The number of carbonyl (C=O) groups is 3. The molecule has 1 aromatic rings. The number of nitrogens with zero attached hydrogens (tertiary/aromatic N) is 4. The number of hydroxylamine groups is 2. The van der Waals surface area contributed by atoms with Crippen molar-refractivity contribution in [3.05, 3.63) is 18.6 Å². The van der Waals surface area contributed by atoms with Crippen LogP contribution in [0.15, 0.2) is 18.6 Å². The van der Waals surface area contributed by atoms with Crippen LogP contribution in [0.2, 0.25) is 0 Å². The molecule has 1 saturated heterocycles. The van der Waals surface area contributed by atoms with Gasteiger partial charge < -0.3 is 10.2 Å². The first-order valence-electron chi connectivity index (χ1n) is 9.83. The summed E-state index contributed by atoms with van der Waals surface area (Å²) in [5.41, 5.74) is 0. The van der Waals surface area contributed by atoms with Gasteiger partial charge in [0.25, 0.3) is 0 Å². The highest BCUT2D eigenvalue weighted by Gasteiger charge is 2.43. The van der Waals surface area contributed by atoms with E-state index in [1.165, 1.54) is 30.4 Å². The molecule has 29 heavy (non-hydrogen) atoms. The average molecular weight is 407 g/mol. The summed E-state index contributed by atoms with van der Waals surface area (Å²) < 4.78 is 14.2. The van der Waals surface area contributed by atoms with Gasteiger partial charge in [-0.2, -0.15) is 0 Å². The Morgan fingerprint density at radius 1 is 1.38 bits per heavy atom. The smallest absolute Gasteiger partial charge is 0.248 e. The van der Waals surface area contributed by atoms with Crippen molar-refractivity contribution in [1.82, 2.24) is 19.9 Å². The molecule has 0 radical (unpaired) electrons. The maximum absolute atomic E-state index is 14.2. The van der Waals surface area contributed by atoms with Crippen LogP contribution in [0.3, 0.4) is 0 Å². The molecule has 1 aliphatic heterocycles. The topological polar surface area (TPSA) is 116 Å². The van der Waals surface area contributed by atoms with Gasteiger partial charge in [0.15, 0.2) is 5.82 Å². The van der Waals surface area contributed by atoms with Crippen LogP contribution in [0.5, 0.6) is 0 Å². The van der Waals surface area contributed by atoms with E-state index in [9.17, 15) is 24.0 Å². The number of amides is 3. The van der Waals surface area contributed by atoms with Crippen molar-refractivity contribution in [1.29, 1.82) is 0 Å². The van der Waals surface area contributed by atoms with Crippen molar-refractivity contribution < 1.29 is 24.0 Å². The van der Waals surface area contributed by atoms with Crippen LogP contribution in [-0.4, -0.2) is 68.2 Å². The molecule has 0 spiro atoms. The molecule has 1 aromatic heterocycles. The minimum atomic E-state index is -1.32. The van der Waals surface area contributed by atoms with Gasteiger partial charge in [-0.05, 0) is 12.3 Å². The van der Waals surface area contributed by atoms with Gasteiger partial charge >= 0.3 is 0 Å². The maximum Gasteiger partial charge on any atom is 0.248 e. The first-order chi connectivity index (χ1) is 13.8. The maximum atomic E-state index is 14.2. The Hall–Kier alpha value is -2.62. The van der Waals surface area contributed by atoms with Gasteiger partial charge in [-0.25, -0.2) is 14.4 Å². The Labute approximate surface area is 168 Å². The van der Waals surface area contributed by atoms with Crippen molar-refractivity contribution in [2.75, 3.05) is 18.4 Å². The molecule has 2 fully saturated rings. The molecule has 3 atom stereocenters. The Morgan fingerprint density at radius 2 is 2.14 bits per heavy atom. The molecule has 1 aliphatic carbocycles. The van der Waals surface area contributed by atoms with E-state index >= 15 is 0 Å². The first kappa shape index (κ1) is 21.1. The van der Waals surface area contributed by atoms with Crippen LogP contribution in [-0.2, 0) is 14.4 Å². The molecule has 3 amide bonds. The number of halogens is 1. The van der Waals surface area contributed by atoms with Crippen LogP contribution >= 0.6 is 0 Å². The summed E-state index contributed by atoms with van der Waals surface area (Å²) in [5.74, 6) is -1.66. The van der Waals surface area contributed by atoms with E-state index in [2.05, 4.69) is 15.3 Å². The van der Waals surface area contributed by atoms with Crippen molar-refractivity contribution >= 4 is 23.5 Å². The van der Waals surface area contributed by atoms with E-state index in [1.807, 2.05) is 0 Å². The van der Waals surface area contributed by atoms with Gasteiger partial charge in [0.1, 0.15) is 12.2 Å². The second kappa shape index (κ2) is 9.25. The lowest BCUT2D eigenvalue weighted by Crippen LogP contribution is -2.48. The molecular formula is C19H26FN5O4. The van der Waals surface area contributed by atoms with Gasteiger partial charge in [-0.15, -0.1) is 0 Å². The van der Waals surface area contributed by atoms with Gasteiger partial charge in [0, 0.05) is 25.7 Å². The van der Waals surface area contributed by atoms with Gasteiger partial charge in [0.05, 0.1) is 25.2 Å². The van der Waals surface area contributed by atoms with Crippen LogP contribution in [0.4, 0.5) is 10.2 Å². The molecule has 0 unspecified atom stereocenters. The van der Waals surface area contributed by atoms with E-state index in [0.717, 1.165) is 19.3 Å². The van der Waals surface area contributed by atoms with Gasteiger partial charge in [-0.1, -0.05) is 19.3 Å². The summed E-state index contributed by atoms with van der Waals surface area (Å²) in [5, 5.41) is 12.9. The quantitative estimate of drug-likeness (QED) is 0.521. The fourth-order valence-corrected chi connectivity index (χ4v) is 3.81. The molecule has 158 valence electrons. The van der Waals surface area contributed by atoms with Crippen LogP contribution in [0.1, 0.15) is 39.0 Å². The van der Waals surface area contributed by atoms with Crippen molar-refractivity contribution in [3.8, 4) is 0 Å². The standard InChI is InChI=1S/C19H26FN5O4/c1-12(26)25(29)10-14(7-13-3-2-4-13)19(28)24-11-15(20)8-16(24)18(27)23-17-9-21-5-6-22-17/h5-6,9,13-16,29H,2-4,7-8,10-11H2,1H3,(H,22,23,27)/t14-,15-,16+/m1/s1. The van der Waals surface area contributed by atoms with E-state index in [0.29, 0.717) is 17.4 Å². The number of carbonyl (C=O) groups excluding carboxylic acids is 3.